The molecular formula is C16H22N2O6S. The van der Waals surface area contributed by atoms with Crippen LogP contribution < -0.4 is 4.74 Å². The van der Waals surface area contributed by atoms with Crippen LogP contribution in [0.1, 0.15) is 18.9 Å². The van der Waals surface area contributed by atoms with Crippen molar-refractivity contribution < 1.29 is 27.9 Å². The molecule has 1 aliphatic rings. The Morgan fingerprint density at radius 3 is 2.52 bits per heavy atom. The second-order valence-electron chi connectivity index (χ2n) is 5.81. The van der Waals surface area contributed by atoms with Crippen LogP contribution in [0.25, 0.3) is 0 Å². The van der Waals surface area contributed by atoms with Crippen LogP contribution in [0.4, 0.5) is 0 Å². The van der Waals surface area contributed by atoms with E-state index in [0.717, 1.165) is 0 Å². The number of carbonyl (C=O) groups is 2. The van der Waals surface area contributed by atoms with Crippen LogP contribution in [0.2, 0.25) is 0 Å². The number of amides is 1. The lowest BCUT2D eigenvalue weighted by Gasteiger charge is -2.22. The number of ether oxygens (including phenoxy) is 1. The van der Waals surface area contributed by atoms with Crippen LogP contribution in [0.5, 0.6) is 5.75 Å². The van der Waals surface area contributed by atoms with Gasteiger partial charge in [-0.3, -0.25) is 9.59 Å². The molecule has 0 aromatic heterocycles. The summed E-state index contributed by atoms with van der Waals surface area (Å²) in [4.78, 5) is 24.2. The Hall–Kier alpha value is -2.13. The molecule has 1 aromatic carbocycles. The van der Waals surface area contributed by atoms with E-state index >= 15 is 0 Å². The highest BCUT2D eigenvalue weighted by molar-refractivity contribution is 7.89. The molecule has 2 rings (SSSR count). The van der Waals surface area contributed by atoms with Gasteiger partial charge in [0.05, 0.1) is 18.4 Å². The van der Waals surface area contributed by atoms with Gasteiger partial charge in [0.25, 0.3) is 0 Å². The van der Waals surface area contributed by atoms with Gasteiger partial charge in [-0.05, 0) is 30.2 Å². The molecule has 0 spiro atoms. The van der Waals surface area contributed by atoms with Crippen LogP contribution in [0.3, 0.4) is 0 Å². The van der Waals surface area contributed by atoms with Crippen molar-refractivity contribution in [2.24, 2.45) is 0 Å². The van der Waals surface area contributed by atoms with Gasteiger partial charge < -0.3 is 14.7 Å². The number of sulfonamides is 1. The molecule has 0 bridgehead atoms. The first-order valence-electron chi connectivity index (χ1n) is 7.90. The molecule has 1 fully saturated rings. The summed E-state index contributed by atoms with van der Waals surface area (Å²) >= 11 is 0. The van der Waals surface area contributed by atoms with E-state index in [9.17, 15) is 18.0 Å². The Kier molecular flexibility index (Phi) is 6.02. The molecule has 1 saturated heterocycles. The lowest BCUT2D eigenvalue weighted by Crippen LogP contribution is -2.36. The number of hydrogen-bond acceptors (Lipinski definition) is 5. The Morgan fingerprint density at radius 1 is 1.20 bits per heavy atom. The fourth-order valence-electron chi connectivity index (χ4n) is 2.82. The molecule has 1 heterocycles. The van der Waals surface area contributed by atoms with Gasteiger partial charge in [-0.1, -0.05) is 0 Å². The monoisotopic (exact) mass is 370 g/mol. The topological polar surface area (TPSA) is 104 Å². The van der Waals surface area contributed by atoms with E-state index in [1.54, 1.807) is 4.90 Å². The van der Waals surface area contributed by atoms with Crippen LogP contribution >= 0.6 is 0 Å². The summed E-state index contributed by atoms with van der Waals surface area (Å²) in [7, 11) is -2.43. The first-order chi connectivity index (χ1) is 11.8. The van der Waals surface area contributed by atoms with Gasteiger partial charge >= 0.3 is 5.97 Å². The molecule has 0 unspecified atom stereocenters. The molecule has 1 aliphatic heterocycles. The van der Waals surface area contributed by atoms with Crippen molar-refractivity contribution in [1.82, 2.24) is 9.21 Å². The minimum Gasteiger partial charge on any atom is -0.497 e. The number of benzene rings is 1. The number of carboxylic acid groups (broad SMARTS) is 1. The average molecular weight is 370 g/mol. The van der Waals surface area contributed by atoms with Gasteiger partial charge in [0.1, 0.15) is 5.75 Å². The van der Waals surface area contributed by atoms with Gasteiger partial charge in [-0.15, -0.1) is 0 Å². The predicted octanol–water partition coefficient (Wildman–Crippen LogP) is 0.565. The summed E-state index contributed by atoms with van der Waals surface area (Å²) in [6.45, 7) is 2.74. The number of hydrogen-bond donors (Lipinski definition) is 1. The van der Waals surface area contributed by atoms with Crippen molar-refractivity contribution in [3.63, 3.8) is 0 Å². The molecule has 8 nitrogen and oxygen atoms in total. The molecule has 1 aromatic rings. The number of rotatable bonds is 5. The smallest absolute Gasteiger partial charge is 0.307 e. The van der Waals surface area contributed by atoms with Gasteiger partial charge in [0, 0.05) is 33.1 Å². The summed E-state index contributed by atoms with van der Waals surface area (Å²) < 4.78 is 32.4. The summed E-state index contributed by atoms with van der Waals surface area (Å²) in [6, 6.07) is 4.30. The van der Waals surface area contributed by atoms with E-state index in [1.807, 2.05) is 0 Å². The minimum absolute atomic E-state index is 0.0352. The summed E-state index contributed by atoms with van der Waals surface area (Å²) in [5.41, 5.74) is 0.180. The number of carboxylic acids is 1. The summed E-state index contributed by atoms with van der Waals surface area (Å²) in [6.07, 6.45) is 0.113. The molecule has 1 amide bonds. The van der Waals surface area contributed by atoms with Crippen LogP contribution in [-0.4, -0.2) is 67.9 Å². The Labute approximate surface area is 147 Å². The third-order valence-electron chi connectivity index (χ3n) is 4.13. The second-order valence-corrected chi connectivity index (χ2v) is 7.71. The third-order valence-corrected chi connectivity index (χ3v) is 6.13. The highest BCUT2D eigenvalue weighted by Crippen LogP contribution is 2.26. The summed E-state index contributed by atoms with van der Waals surface area (Å²) in [5.74, 6) is -0.813. The van der Waals surface area contributed by atoms with E-state index in [-0.39, 0.29) is 29.5 Å². The number of aliphatic carboxylic acids is 1. The maximum Gasteiger partial charge on any atom is 0.307 e. The normalized spacial score (nSPS) is 16.3. The van der Waals surface area contributed by atoms with E-state index in [0.29, 0.717) is 25.3 Å². The van der Waals surface area contributed by atoms with Gasteiger partial charge in [0.2, 0.25) is 15.9 Å². The molecule has 0 saturated carbocycles. The molecule has 0 radical (unpaired) electrons. The zero-order chi connectivity index (χ0) is 18.6. The van der Waals surface area contributed by atoms with Crippen molar-refractivity contribution in [2.45, 2.75) is 24.7 Å². The molecule has 9 heteroatoms. The lowest BCUT2D eigenvalue weighted by molar-refractivity contribution is -0.136. The quantitative estimate of drug-likeness (QED) is 0.812. The van der Waals surface area contributed by atoms with E-state index in [1.165, 1.54) is 36.5 Å². The highest BCUT2D eigenvalue weighted by atomic mass is 32.2. The second kappa shape index (κ2) is 7.83. The molecule has 1 N–H and O–H groups in total. The highest BCUT2D eigenvalue weighted by Gasteiger charge is 2.30. The predicted molar refractivity (Wildman–Crippen MR) is 90.0 cm³/mol. The van der Waals surface area contributed by atoms with E-state index in [2.05, 4.69) is 0 Å². The van der Waals surface area contributed by atoms with Gasteiger partial charge in [-0.25, -0.2) is 8.42 Å². The fourth-order valence-corrected chi connectivity index (χ4v) is 4.50. The van der Waals surface area contributed by atoms with Crippen molar-refractivity contribution in [3.05, 3.63) is 23.8 Å². The van der Waals surface area contributed by atoms with Gasteiger partial charge in [0.15, 0.2) is 0 Å². The van der Waals surface area contributed by atoms with Crippen molar-refractivity contribution in [3.8, 4) is 5.75 Å². The fraction of sp³-hybridized carbons (Fsp3) is 0.500. The van der Waals surface area contributed by atoms with Crippen LogP contribution in [-0.2, 0) is 26.0 Å². The van der Waals surface area contributed by atoms with Crippen molar-refractivity contribution >= 4 is 21.9 Å². The molecule has 138 valence electrons. The van der Waals surface area contributed by atoms with Crippen LogP contribution in [0.15, 0.2) is 23.1 Å². The largest absolute Gasteiger partial charge is 0.497 e. The maximum absolute atomic E-state index is 13.0. The van der Waals surface area contributed by atoms with E-state index < -0.39 is 22.4 Å². The SMILES string of the molecule is COc1ccc(S(=O)(=O)N2CCCN(C(C)=O)CC2)c(CC(=O)O)c1. The maximum atomic E-state index is 13.0. The standard InChI is InChI=1S/C16H22N2O6S/c1-12(19)17-6-3-7-18(9-8-17)25(22,23)15-5-4-14(24-2)10-13(15)11-16(20)21/h4-5,10H,3,6-9,11H2,1-2H3,(H,20,21). The Balaban J connectivity index is 2.35. The molecular weight excluding hydrogens is 348 g/mol. The Bertz CT molecular complexity index is 762. The number of methoxy groups -OCH3 is 1. The minimum atomic E-state index is -3.86. The van der Waals surface area contributed by atoms with Crippen molar-refractivity contribution in [2.75, 3.05) is 33.3 Å². The van der Waals surface area contributed by atoms with E-state index in [4.69, 9.17) is 9.84 Å². The molecule has 0 atom stereocenters. The number of nitrogens with zero attached hydrogens (tertiary/aromatic N) is 2. The van der Waals surface area contributed by atoms with Crippen LogP contribution in [0, 0.1) is 0 Å². The van der Waals surface area contributed by atoms with Gasteiger partial charge in [-0.2, -0.15) is 4.31 Å². The van der Waals surface area contributed by atoms with Crippen molar-refractivity contribution in [1.29, 1.82) is 0 Å². The molecule has 25 heavy (non-hydrogen) atoms. The molecule has 0 aliphatic carbocycles. The zero-order valence-electron chi connectivity index (χ0n) is 14.3. The third kappa shape index (κ3) is 4.49. The Morgan fingerprint density at radius 2 is 1.92 bits per heavy atom. The first-order valence-corrected chi connectivity index (χ1v) is 9.34. The number of carbonyl (C=O) groups excluding carboxylic acids is 1. The average Bonchev–Trinajstić information content (AvgIpc) is 2.80. The zero-order valence-corrected chi connectivity index (χ0v) is 15.1. The lowest BCUT2D eigenvalue weighted by atomic mass is 10.1. The first kappa shape index (κ1) is 19.2. The summed E-state index contributed by atoms with van der Waals surface area (Å²) in [5, 5.41) is 9.08.